The Morgan fingerprint density at radius 2 is 1.67 bits per heavy atom. The minimum absolute atomic E-state index is 0.0882. The summed E-state index contributed by atoms with van der Waals surface area (Å²) < 4.78 is 24.1. The lowest BCUT2D eigenvalue weighted by Crippen LogP contribution is -2.16. The van der Waals surface area contributed by atoms with Crippen LogP contribution >= 0.6 is 11.6 Å². The zero-order valence-corrected chi connectivity index (χ0v) is 8.47. The average Bonchev–Trinajstić information content (AvgIpc) is 1.78. The summed E-state index contributed by atoms with van der Waals surface area (Å²) in [6.07, 6.45) is 0. The second kappa shape index (κ2) is 3.62. The van der Waals surface area contributed by atoms with Gasteiger partial charge < -0.3 is 0 Å². The van der Waals surface area contributed by atoms with Crippen molar-refractivity contribution in [1.82, 2.24) is 0 Å². The molecule has 0 N–H and O–H groups in total. The minimum Gasteiger partial charge on any atom is -0.175 e. The molecule has 0 fully saturated rings. The fourth-order valence-electron chi connectivity index (χ4n) is 0.407. The lowest BCUT2D eigenvalue weighted by atomic mass is 9.83. The number of rotatable bonds is 0. The topological polar surface area (TPSA) is 0 Å². The van der Waals surface area contributed by atoms with E-state index in [1.54, 1.807) is 12.8 Å². The van der Waals surface area contributed by atoms with E-state index in [-0.39, 0.29) is 11.3 Å². The van der Waals surface area contributed by atoms with E-state index in [1.807, 2.05) is 20.8 Å². The molecular formula is C9H13ClF2. The first kappa shape index (κ1) is 11.7. The van der Waals surface area contributed by atoms with Crippen LogP contribution in [0.4, 0.5) is 8.78 Å². The van der Waals surface area contributed by atoms with E-state index in [4.69, 9.17) is 0 Å². The maximum absolute atomic E-state index is 12.1. The van der Waals surface area contributed by atoms with Crippen LogP contribution in [0.1, 0.15) is 27.7 Å². The predicted octanol–water partition coefficient (Wildman–Crippen LogP) is 3.50. The Morgan fingerprint density at radius 1 is 1.25 bits per heavy atom. The Kier molecular flexibility index (Phi) is 3.53. The van der Waals surface area contributed by atoms with Crippen molar-refractivity contribution in [2.24, 2.45) is 11.3 Å². The highest BCUT2D eigenvalue weighted by Crippen LogP contribution is 2.25. The van der Waals surface area contributed by atoms with Gasteiger partial charge in [-0.25, -0.2) is 0 Å². The molecule has 0 amide bonds. The van der Waals surface area contributed by atoms with Crippen molar-refractivity contribution in [3.8, 4) is 11.8 Å². The lowest BCUT2D eigenvalue weighted by Gasteiger charge is -2.22. The molecule has 70 valence electrons. The number of alkyl halides is 3. The molecule has 0 rings (SSSR count). The van der Waals surface area contributed by atoms with Crippen LogP contribution in [-0.4, -0.2) is 5.38 Å². The largest absolute Gasteiger partial charge is 0.385 e. The molecule has 3 heteroatoms. The molecule has 0 spiro atoms. The molecule has 0 radical (unpaired) electrons. The summed E-state index contributed by atoms with van der Waals surface area (Å²) in [6, 6.07) is 0. The molecule has 0 saturated carbocycles. The maximum atomic E-state index is 12.1. The maximum Gasteiger partial charge on any atom is 0.385 e. The SMILES string of the molecule is CC(C#CC(F)(F)Cl)C(C)(C)C. The summed E-state index contributed by atoms with van der Waals surface area (Å²) in [7, 11) is 0. The molecule has 0 aromatic carbocycles. The van der Waals surface area contributed by atoms with Crippen LogP contribution in [0, 0.1) is 23.2 Å². The van der Waals surface area contributed by atoms with E-state index >= 15 is 0 Å². The van der Waals surface area contributed by atoms with Crippen molar-refractivity contribution < 1.29 is 8.78 Å². The fourth-order valence-corrected chi connectivity index (χ4v) is 0.461. The lowest BCUT2D eigenvalue weighted by molar-refractivity contribution is 0.164. The summed E-state index contributed by atoms with van der Waals surface area (Å²) in [5.41, 5.74) is -0.0882. The molecule has 12 heavy (non-hydrogen) atoms. The smallest absolute Gasteiger partial charge is 0.175 e. The summed E-state index contributed by atoms with van der Waals surface area (Å²) in [5.74, 6) is 4.05. The van der Waals surface area contributed by atoms with Crippen LogP contribution < -0.4 is 0 Å². The number of halogens is 3. The van der Waals surface area contributed by atoms with Crippen molar-refractivity contribution in [3.05, 3.63) is 0 Å². The quantitative estimate of drug-likeness (QED) is 0.409. The Hall–Kier alpha value is -0.290. The number of hydrogen-bond donors (Lipinski definition) is 0. The third kappa shape index (κ3) is 5.37. The predicted molar refractivity (Wildman–Crippen MR) is 47.2 cm³/mol. The molecule has 0 aliphatic heterocycles. The van der Waals surface area contributed by atoms with Gasteiger partial charge in [-0.05, 0) is 22.9 Å². The first-order valence-corrected chi connectivity index (χ1v) is 4.10. The van der Waals surface area contributed by atoms with E-state index in [0.717, 1.165) is 0 Å². The van der Waals surface area contributed by atoms with Gasteiger partial charge in [-0.3, -0.25) is 0 Å². The molecule has 1 atom stereocenters. The zero-order valence-electron chi connectivity index (χ0n) is 7.71. The Labute approximate surface area is 77.3 Å². The molecule has 0 aliphatic carbocycles. The van der Waals surface area contributed by atoms with E-state index < -0.39 is 5.38 Å². The second-order valence-electron chi connectivity index (χ2n) is 3.85. The van der Waals surface area contributed by atoms with Crippen LogP contribution in [0.3, 0.4) is 0 Å². The molecule has 0 aliphatic rings. The summed E-state index contributed by atoms with van der Waals surface area (Å²) >= 11 is 4.62. The van der Waals surface area contributed by atoms with E-state index in [1.165, 1.54) is 0 Å². The van der Waals surface area contributed by atoms with Crippen molar-refractivity contribution in [2.45, 2.75) is 33.1 Å². The van der Waals surface area contributed by atoms with Gasteiger partial charge in [-0.2, -0.15) is 8.78 Å². The highest BCUT2D eigenvalue weighted by molar-refractivity contribution is 6.23. The Bertz CT molecular complexity index is 199. The van der Waals surface area contributed by atoms with Gasteiger partial charge in [-0.1, -0.05) is 33.6 Å². The first-order chi connectivity index (χ1) is 5.13. The van der Waals surface area contributed by atoms with Gasteiger partial charge in [0.2, 0.25) is 0 Å². The Morgan fingerprint density at radius 3 is 1.92 bits per heavy atom. The van der Waals surface area contributed by atoms with E-state index in [0.29, 0.717) is 0 Å². The molecule has 0 bridgehead atoms. The van der Waals surface area contributed by atoms with Gasteiger partial charge in [0.15, 0.2) is 0 Å². The molecular weight excluding hydrogens is 182 g/mol. The second-order valence-corrected chi connectivity index (χ2v) is 4.33. The molecule has 0 aromatic rings. The summed E-state index contributed by atoms with van der Waals surface area (Å²) in [5, 5.41) is -3.39. The van der Waals surface area contributed by atoms with Crippen LogP contribution in [0.25, 0.3) is 0 Å². The van der Waals surface area contributed by atoms with Gasteiger partial charge in [0.05, 0.1) is 0 Å². The van der Waals surface area contributed by atoms with Gasteiger partial charge in [-0.15, -0.1) is 0 Å². The van der Waals surface area contributed by atoms with Crippen molar-refractivity contribution in [3.63, 3.8) is 0 Å². The zero-order chi connectivity index (χ0) is 9.99. The third-order valence-electron chi connectivity index (χ3n) is 1.73. The van der Waals surface area contributed by atoms with Crippen molar-refractivity contribution >= 4 is 11.6 Å². The standard InChI is InChI=1S/C9H13ClF2/c1-7(8(2,3)4)5-6-9(10,11)12/h7H,1-4H3. The first-order valence-electron chi connectivity index (χ1n) is 3.72. The van der Waals surface area contributed by atoms with Crippen LogP contribution in [-0.2, 0) is 0 Å². The molecule has 0 nitrogen and oxygen atoms in total. The van der Waals surface area contributed by atoms with E-state index in [9.17, 15) is 8.78 Å². The van der Waals surface area contributed by atoms with Crippen LogP contribution in [0.15, 0.2) is 0 Å². The minimum atomic E-state index is -3.39. The van der Waals surface area contributed by atoms with Crippen LogP contribution in [0.2, 0.25) is 0 Å². The molecule has 1 unspecified atom stereocenters. The van der Waals surface area contributed by atoms with Gasteiger partial charge >= 0.3 is 5.38 Å². The normalized spacial score (nSPS) is 14.9. The summed E-state index contributed by atoms with van der Waals surface area (Å²) in [6.45, 7) is 7.63. The summed E-state index contributed by atoms with van der Waals surface area (Å²) in [4.78, 5) is 0. The monoisotopic (exact) mass is 194 g/mol. The van der Waals surface area contributed by atoms with Gasteiger partial charge in [0, 0.05) is 5.92 Å². The fraction of sp³-hybridized carbons (Fsp3) is 0.778. The number of hydrogen-bond acceptors (Lipinski definition) is 0. The highest BCUT2D eigenvalue weighted by Gasteiger charge is 2.22. The molecule has 0 saturated heterocycles. The Balaban J connectivity index is 4.34. The van der Waals surface area contributed by atoms with Crippen molar-refractivity contribution in [1.29, 1.82) is 0 Å². The van der Waals surface area contributed by atoms with Crippen molar-refractivity contribution in [2.75, 3.05) is 0 Å². The third-order valence-corrected chi connectivity index (χ3v) is 1.82. The van der Waals surface area contributed by atoms with E-state index in [2.05, 4.69) is 17.5 Å². The highest BCUT2D eigenvalue weighted by atomic mass is 35.5. The molecule has 0 heterocycles. The van der Waals surface area contributed by atoms with Crippen LogP contribution in [0.5, 0.6) is 0 Å². The average molecular weight is 195 g/mol. The van der Waals surface area contributed by atoms with Gasteiger partial charge in [0.1, 0.15) is 0 Å². The van der Waals surface area contributed by atoms with Gasteiger partial charge in [0.25, 0.3) is 0 Å². The molecule has 0 aromatic heterocycles.